The largest absolute Gasteiger partial charge is 0.352 e. The first-order valence-electron chi connectivity index (χ1n) is 9.91. The predicted octanol–water partition coefficient (Wildman–Crippen LogP) is 4.44. The van der Waals surface area contributed by atoms with Gasteiger partial charge >= 0.3 is 0 Å². The van der Waals surface area contributed by atoms with Gasteiger partial charge in [0.2, 0.25) is 0 Å². The van der Waals surface area contributed by atoms with Gasteiger partial charge in [-0.15, -0.1) is 0 Å². The lowest BCUT2D eigenvalue weighted by Crippen LogP contribution is -2.30. The maximum Gasteiger partial charge on any atom is 0.170 e. The highest BCUT2D eigenvalue weighted by atomic mass is 32.1. The molecule has 1 aromatic carbocycles. The first kappa shape index (κ1) is 18.5. The Morgan fingerprint density at radius 1 is 0.867 bits per heavy atom. The molecule has 0 radical (unpaired) electrons. The van der Waals surface area contributed by atoms with Crippen LogP contribution in [0.3, 0.4) is 0 Å². The Labute approximate surface area is 181 Å². The Morgan fingerprint density at radius 2 is 1.67 bits per heavy atom. The molecule has 5 nitrogen and oxygen atoms in total. The Kier molecular flexibility index (Phi) is 4.99. The Hall–Kier alpha value is -3.51. The molecule has 3 aromatic heterocycles. The molecule has 1 fully saturated rings. The van der Waals surface area contributed by atoms with Gasteiger partial charge in [-0.2, -0.15) is 0 Å². The monoisotopic (exact) mass is 411 g/mol. The minimum Gasteiger partial charge on any atom is -0.352 e. The van der Waals surface area contributed by atoms with Crippen LogP contribution in [0.15, 0.2) is 97.6 Å². The van der Waals surface area contributed by atoms with E-state index in [4.69, 9.17) is 12.2 Å². The molecule has 4 heterocycles. The van der Waals surface area contributed by atoms with Crippen molar-refractivity contribution in [3.05, 3.63) is 115 Å². The zero-order valence-electron chi connectivity index (χ0n) is 16.3. The molecule has 6 heteroatoms. The van der Waals surface area contributed by atoms with Gasteiger partial charge in [-0.3, -0.25) is 9.97 Å². The van der Waals surface area contributed by atoms with E-state index in [9.17, 15) is 0 Å². The number of aromatic nitrogens is 3. The second kappa shape index (κ2) is 8.08. The number of benzene rings is 1. The lowest BCUT2D eigenvalue weighted by molar-refractivity contribution is 0.302. The smallest absolute Gasteiger partial charge is 0.170 e. The first-order chi connectivity index (χ1) is 14.8. The molecule has 1 aliphatic heterocycles. The van der Waals surface area contributed by atoms with Crippen LogP contribution in [-0.2, 0) is 6.54 Å². The standard InChI is InChI=1S/C24H21N5S/c30-24-27-22(20-9-4-5-13-26-20)23(29(24)17-18-7-2-1-3-8-18)21-10-6-16-28(21)19-11-14-25-15-12-19/h1-16,22-23H,17H2,(H,27,30)/t22-,23+/m1/s1. The van der Waals surface area contributed by atoms with Crippen LogP contribution in [0.2, 0.25) is 0 Å². The van der Waals surface area contributed by atoms with E-state index in [2.05, 4.69) is 73.4 Å². The van der Waals surface area contributed by atoms with Gasteiger partial charge in [0.15, 0.2) is 5.11 Å². The van der Waals surface area contributed by atoms with Crippen LogP contribution in [0.5, 0.6) is 0 Å². The van der Waals surface area contributed by atoms with E-state index in [0.717, 1.165) is 28.7 Å². The van der Waals surface area contributed by atoms with E-state index in [-0.39, 0.29) is 12.1 Å². The van der Waals surface area contributed by atoms with E-state index in [1.807, 2.05) is 48.9 Å². The fourth-order valence-electron chi connectivity index (χ4n) is 4.05. The van der Waals surface area contributed by atoms with E-state index in [1.54, 1.807) is 0 Å². The number of rotatable bonds is 5. The van der Waals surface area contributed by atoms with Crippen molar-refractivity contribution in [3.63, 3.8) is 0 Å². The van der Waals surface area contributed by atoms with Crippen molar-refractivity contribution >= 4 is 17.3 Å². The van der Waals surface area contributed by atoms with Gasteiger partial charge in [0, 0.05) is 42.7 Å². The lowest BCUT2D eigenvalue weighted by atomic mass is 10.0. The Balaban J connectivity index is 1.60. The molecule has 0 saturated carbocycles. The first-order valence-corrected chi connectivity index (χ1v) is 10.3. The molecule has 148 valence electrons. The summed E-state index contributed by atoms with van der Waals surface area (Å²) in [6.45, 7) is 0.724. The van der Waals surface area contributed by atoms with Crippen LogP contribution in [0.25, 0.3) is 5.69 Å². The third-order valence-corrected chi connectivity index (χ3v) is 5.77. The lowest BCUT2D eigenvalue weighted by Gasteiger charge is -2.29. The second-order valence-electron chi connectivity index (χ2n) is 7.25. The van der Waals surface area contributed by atoms with Crippen molar-refractivity contribution in [2.45, 2.75) is 18.6 Å². The van der Waals surface area contributed by atoms with Crippen LogP contribution in [0.1, 0.15) is 29.0 Å². The van der Waals surface area contributed by atoms with Crippen molar-refractivity contribution in [2.75, 3.05) is 0 Å². The molecule has 2 atom stereocenters. The summed E-state index contributed by atoms with van der Waals surface area (Å²) in [5.41, 5.74) is 4.42. The summed E-state index contributed by atoms with van der Waals surface area (Å²) >= 11 is 5.80. The van der Waals surface area contributed by atoms with Gasteiger partial charge < -0.3 is 14.8 Å². The van der Waals surface area contributed by atoms with Gasteiger partial charge in [-0.1, -0.05) is 36.4 Å². The highest BCUT2D eigenvalue weighted by molar-refractivity contribution is 7.80. The molecule has 0 aliphatic carbocycles. The molecule has 0 unspecified atom stereocenters. The number of nitrogens with one attached hydrogen (secondary N) is 1. The Morgan fingerprint density at radius 3 is 2.43 bits per heavy atom. The van der Waals surface area contributed by atoms with E-state index >= 15 is 0 Å². The molecule has 0 bridgehead atoms. The molecule has 5 rings (SSSR count). The zero-order chi connectivity index (χ0) is 20.3. The van der Waals surface area contributed by atoms with Crippen LogP contribution >= 0.6 is 12.2 Å². The highest BCUT2D eigenvalue weighted by Crippen LogP contribution is 2.40. The van der Waals surface area contributed by atoms with Crippen molar-refractivity contribution in [2.24, 2.45) is 0 Å². The molecular formula is C24H21N5S. The predicted molar refractivity (Wildman–Crippen MR) is 121 cm³/mol. The maximum atomic E-state index is 5.80. The topological polar surface area (TPSA) is 46.0 Å². The average molecular weight is 412 g/mol. The van der Waals surface area contributed by atoms with E-state index < -0.39 is 0 Å². The number of thiocarbonyl (C=S) groups is 1. The number of nitrogens with zero attached hydrogens (tertiary/aromatic N) is 4. The van der Waals surface area contributed by atoms with Crippen molar-refractivity contribution < 1.29 is 0 Å². The third-order valence-electron chi connectivity index (χ3n) is 5.42. The number of hydrogen-bond donors (Lipinski definition) is 1. The summed E-state index contributed by atoms with van der Waals surface area (Å²) in [6.07, 6.45) is 7.55. The second-order valence-corrected chi connectivity index (χ2v) is 7.64. The highest BCUT2D eigenvalue weighted by Gasteiger charge is 2.41. The zero-order valence-corrected chi connectivity index (χ0v) is 17.1. The van der Waals surface area contributed by atoms with Gasteiger partial charge in [-0.25, -0.2) is 0 Å². The Bertz CT molecular complexity index is 1130. The normalized spacial score (nSPS) is 18.4. The summed E-state index contributed by atoms with van der Waals surface area (Å²) in [7, 11) is 0. The number of hydrogen-bond acceptors (Lipinski definition) is 3. The van der Waals surface area contributed by atoms with Crippen LogP contribution in [0.4, 0.5) is 0 Å². The van der Waals surface area contributed by atoms with Gasteiger partial charge in [0.05, 0.1) is 17.8 Å². The maximum absolute atomic E-state index is 5.80. The van der Waals surface area contributed by atoms with Gasteiger partial charge in [0.25, 0.3) is 0 Å². The average Bonchev–Trinajstić information content (AvgIpc) is 3.40. The molecule has 1 saturated heterocycles. The van der Waals surface area contributed by atoms with Crippen molar-refractivity contribution in [1.29, 1.82) is 0 Å². The SMILES string of the molecule is S=C1N[C@H](c2ccccn2)[C@H](c2cccn2-c2ccncc2)N1Cc1ccccc1. The minimum atomic E-state index is -0.0436. The summed E-state index contributed by atoms with van der Waals surface area (Å²) < 4.78 is 2.20. The van der Waals surface area contributed by atoms with E-state index in [1.165, 1.54) is 5.56 Å². The third kappa shape index (κ3) is 3.46. The minimum absolute atomic E-state index is 0.00392. The molecular weight excluding hydrogens is 390 g/mol. The molecule has 1 N–H and O–H groups in total. The fourth-order valence-corrected chi connectivity index (χ4v) is 4.36. The summed E-state index contributed by atoms with van der Waals surface area (Å²) in [4.78, 5) is 11.1. The molecule has 0 spiro atoms. The summed E-state index contributed by atoms with van der Waals surface area (Å²) in [6, 6.07) is 24.7. The summed E-state index contributed by atoms with van der Waals surface area (Å²) in [5, 5.41) is 4.26. The van der Waals surface area contributed by atoms with Gasteiger partial charge in [0.1, 0.15) is 0 Å². The quantitative estimate of drug-likeness (QED) is 0.492. The molecule has 1 aliphatic rings. The summed E-state index contributed by atoms with van der Waals surface area (Å²) in [5.74, 6) is 0. The van der Waals surface area contributed by atoms with Crippen LogP contribution in [-0.4, -0.2) is 24.5 Å². The number of pyridine rings is 2. The fraction of sp³-hybridized carbons (Fsp3) is 0.125. The molecule has 4 aromatic rings. The van der Waals surface area contributed by atoms with Crippen molar-refractivity contribution in [3.8, 4) is 5.69 Å². The van der Waals surface area contributed by atoms with E-state index in [0.29, 0.717) is 0 Å². The molecule has 30 heavy (non-hydrogen) atoms. The van der Waals surface area contributed by atoms with Crippen LogP contribution < -0.4 is 5.32 Å². The molecule has 0 amide bonds. The van der Waals surface area contributed by atoms with Crippen molar-refractivity contribution in [1.82, 2.24) is 24.8 Å². The van der Waals surface area contributed by atoms with Crippen LogP contribution in [0, 0.1) is 0 Å². The van der Waals surface area contributed by atoms with Gasteiger partial charge in [-0.05, 0) is 54.2 Å².